The molecule has 17 heavy (non-hydrogen) atoms. The molecule has 0 fully saturated rings. The van der Waals surface area contributed by atoms with Crippen LogP contribution in [0.25, 0.3) is 0 Å². The van der Waals surface area contributed by atoms with Gasteiger partial charge in [-0.15, -0.1) is 0 Å². The number of likely N-dealkylation sites (N-methyl/N-ethyl adjacent to an activating group) is 1. The lowest BCUT2D eigenvalue weighted by Crippen LogP contribution is -2.38. The molecule has 1 atom stereocenters. The SMILES string of the molecule is COCC(C)N(C)C(=O)c1ccc(N)cc1N. The molecule has 1 aromatic rings. The number of nitrogens with two attached hydrogens (primary N) is 2. The van der Waals surface area contributed by atoms with Crippen LogP contribution in [0, 0.1) is 0 Å². The van der Waals surface area contributed by atoms with Gasteiger partial charge in [-0.3, -0.25) is 4.79 Å². The predicted molar refractivity (Wildman–Crippen MR) is 68.7 cm³/mol. The van der Waals surface area contributed by atoms with Gasteiger partial charge >= 0.3 is 0 Å². The maximum absolute atomic E-state index is 12.1. The lowest BCUT2D eigenvalue weighted by molar-refractivity contribution is 0.0634. The Hall–Kier alpha value is -1.75. The molecule has 0 aliphatic carbocycles. The molecule has 5 nitrogen and oxygen atoms in total. The Bertz CT molecular complexity index is 407. The number of benzene rings is 1. The van der Waals surface area contributed by atoms with Crippen LogP contribution in [-0.4, -0.2) is 37.6 Å². The Morgan fingerprint density at radius 3 is 2.65 bits per heavy atom. The average Bonchev–Trinajstić information content (AvgIpc) is 2.27. The number of carbonyl (C=O) groups is 1. The molecule has 1 unspecified atom stereocenters. The molecule has 0 aliphatic rings. The van der Waals surface area contributed by atoms with Crippen LogP contribution in [0.1, 0.15) is 17.3 Å². The molecule has 0 aromatic heterocycles. The van der Waals surface area contributed by atoms with Crippen LogP contribution >= 0.6 is 0 Å². The predicted octanol–water partition coefficient (Wildman–Crippen LogP) is 0.958. The van der Waals surface area contributed by atoms with Gasteiger partial charge in [-0.25, -0.2) is 0 Å². The summed E-state index contributed by atoms with van der Waals surface area (Å²) in [6.45, 7) is 2.39. The molecule has 0 radical (unpaired) electrons. The Morgan fingerprint density at radius 1 is 1.47 bits per heavy atom. The van der Waals surface area contributed by atoms with Crippen molar-refractivity contribution in [1.82, 2.24) is 4.90 Å². The van der Waals surface area contributed by atoms with E-state index in [-0.39, 0.29) is 11.9 Å². The molecule has 0 bridgehead atoms. The van der Waals surface area contributed by atoms with E-state index in [2.05, 4.69) is 0 Å². The molecule has 1 amide bonds. The maximum atomic E-state index is 12.1. The molecule has 0 spiro atoms. The fourth-order valence-electron chi connectivity index (χ4n) is 1.52. The minimum atomic E-state index is -0.132. The van der Waals surface area contributed by atoms with E-state index in [0.29, 0.717) is 23.5 Å². The summed E-state index contributed by atoms with van der Waals surface area (Å²) in [5, 5.41) is 0. The van der Waals surface area contributed by atoms with E-state index >= 15 is 0 Å². The number of hydrogen-bond acceptors (Lipinski definition) is 4. The molecule has 1 aromatic carbocycles. The Balaban J connectivity index is 2.88. The van der Waals surface area contributed by atoms with Crippen molar-refractivity contribution in [3.05, 3.63) is 23.8 Å². The van der Waals surface area contributed by atoms with Gasteiger partial charge in [0.05, 0.1) is 18.2 Å². The van der Waals surface area contributed by atoms with E-state index in [0.717, 1.165) is 0 Å². The van der Waals surface area contributed by atoms with Crippen molar-refractivity contribution < 1.29 is 9.53 Å². The maximum Gasteiger partial charge on any atom is 0.256 e. The minimum Gasteiger partial charge on any atom is -0.399 e. The van der Waals surface area contributed by atoms with Crippen LogP contribution < -0.4 is 11.5 Å². The third kappa shape index (κ3) is 3.10. The highest BCUT2D eigenvalue weighted by molar-refractivity contribution is 5.99. The van der Waals surface area contributed by atoms with E-state index in [1.807, 2.05) is 6.92 Å². The fourth-order valence-corrected chi connectivity index (χ4v) is 1.52. The number of hydrogen-bond donors (Lipinski definition) is 2. The molecule has 0 aliphatic heterocycles. The van der Waals surface area contributed by atoms with Gasteiger partial charge in [0.2, 0.25) is 0 Å². The van der Waals surface area contributed by atoms with Crippen LogP contribution in [-0.2, 0) is 4.74 Å². The highest BCUT2D eigenvalue weighted by Gasteiger charge is 2.19. The second kappa shape index (κ2) is 5.54. The Morgan fingerprint density at radius 2 is 2.12 bits per heavy atom. The van der Waals surface area contributed by atoms with Crippen molar-refractivity contribution in [2.24, 2.45) is 0 Å². The second-order valence-electron chi connectivity index (χ2n) is 4.07. The molecular weight excluding hydrogens is 218 g/mol. The summed E-state index contributed by atoms with van der Waals surface area (Å²) in [5.74, 6) is -0.132. The molecule has 0 heterocycles. The Labute approximate surface area is 101 Å². The average molecular weight is 237 g/mol. The largest absolute Gasteiger partial charge is 0.399 e. The summed E-state index contributed by atoms with van der Waals surface area (Å²) in [7, 11) is 3.33. The lowest BCUT2D eigenvalue weighted by atomic mass is 10.1. The minimum absolute atomic E-state index is 0.00977. The third-order valence-corrected chi connectivity index (χ3v) is 2.70. The van der Waals surface area contributed by atoms with Crippen molar-refractivity contribution >= 4 is 17.3 Å². The summed E-state index contributed by atoms with van der Waals surface area (Å²) in [4.78, 5) is 13.7. The number of carbonyl (C=O) groups excluding carboxylic acids is 1. The third-order valence-electron chi connectivity index (χ3n) is 2.70. The lowest BCUT2D eigenvalue weighted by Gasteiger charge is -2.24. The number of nitrogen functional groups attached to an aromatic ring is 2. The van der Waals surface area contributed by atoms with E-state index < -0.39 is 0 Å². The van der Waals surface area contributed by atoms with E-state index in [1.165, 1.54) is 0 Å². The number of rotatable bonds is 4. The highest BCUT2D eigenvalue weighted by Crippen LogP contribution is 2.18. The monoisotopic (exact) mass is 237 g/mol. The summed E-state index contributed by atoms with van der Waals surface area (Å²) in [5.41, 5.74) is 12.8. The molecule has 4 N–H and O–H groups in total. The molecular formula is C12H19N3O2. The Kier molecular flexibility index (Phi) is 4.34. The summed E-state index contributed by atoms with van der Waals surface area (Å²) in [6.07, 6.45) is 0. The van der Waals surface area contributed by atoms with Gasteiger partial charge in [-0.1, -0.05) is 0 Å². The van der Waals surface area contributed by atoms with Crippen molar-refractivity contribution in [2.45, 2.75) is 13.0 Å². The van der Waals surface area contributed by atoms with E-state index in [9.17, 15) is 4.79 Å². The number of methoxy groups -OCH3 is 1. The van der Waals surface area contributed by atoms with Crippen LogP contribution in [0.2, 0.25) is 0 Å². The molecule has 94 valence electrons. The number of nitrogens with zero attached hydrogens (tertiary/aromatic N) is 1. The van der Waals surface area contributed by atoms with Gasteiger partial charge in [-0.05, 0) is 25.1 Å². The fraction of sp³-hybridized carbons (Fsp3) is 0.417. The first-order valence-corrected chi connectivity index (χ1v) is 5.38. The van der Waals surface area contributed by atoms with Gasteiger partial charge in [0.25, 0.3) is 5.91 Å². The van der Waals surface area contributed by atoms with Crippen molar-refractivity contribution in [3.63, 3.8) is 0 Å². The smallest absolute Gasteiger partial charge is 0.256 e. The van der Waals surface area contributed by atoms with Crippen LogP contribution in [0.15, 0.2) is 18.2 Å². The van der Waals surface area contributed by atoms with E-state index in [4.69, 9.17) is 16.2 Å². The quantitative estimate of drug-likeness (QED) is 0.764. The summed E-state index contributed by atoms with van der Waals surface area (Å²) >= 11 is 0. The molecule has 1 rings (SSSR count). The normalized spacial score (nSPS) is 12.2. The van der Waals surface area contributed by atoms with Crippen LogP contribution in [0.3, 0.4) is 0 Å². The van der Waals surface area contributed by atoms with Gasteiger partial charge < -0.3 is 21.1 Å². The zero-order valence-corrected chi connectivity index (χ0v) is 10.4. The van der Waals surface area contributed by atoms with Crippen molar-refractivity contribution in [3.8, 4) is 0 Å². The zero-order valence-electron chi connectivity index (χ0n) is 10.4. The highest BCUT2D eigenvalue weighted by atomic mass is 16.5. The van der Waals surface area contributed by atoms with Gasteiger partial charge in [0.1, 0.15) is 0 Å². The van der Waals surface area contributed by atoms with Crippen molar-refractivity contribution in [1.29, 1.82) is 0 Å². The van der Waals surface area contributed by atoms with Crippen LogP contribution in [0.4, 0.5) is 11.4 Å². The first-order valence-electron chi connectivity index (χ1n) is 5.38. The van der Waals surface area contributed by atoms with Crippen molar-refractivity contribution in [2.75, 3.05) is 32.2 Å². The molecule has 0 saturated carbocycles. The summed E-state index contributed by atoms with van der Waals surface area (Å²) < 4.78 is 5.02. The van der Waals surface area contributed by atoms with Gasteiger partial charge in [0.15, 0.2) is 0 Å². The van der Waals surface area contributed by atoms with Crippen LogP contribution in [0.5, 0.6) is 0 Å². The molecule has 5 heteroatoms. The van der Waals surface area contributed by atoms with E-state index in [1.54, 1.807) is 37.3 Å². The summed E-state index contributed by atoms with van der Waals surface area (Å²) in [6, 6.07) is 4.88. The number of anilines is 2. The number of amides is 1. The second-order valence-corrected chi connectivity index (χ2v) is 4.07. The number of ether oxygens (including phenoxy) is 1. The molecule has 0 saturated heterocycles. The zero-order chi connectivity index (χ0) is 13.0. The first-order chi connectivity index (χ1) is 7.97. The van der Waals surface area contributed by atoms with Gasteiger partial charge in [-0.2, -0.15) is 0 Å². The topological polar surface area (TPSA) is 81.6 Å². The standard InChI is InChI=1S/C12H19N3O2/c1-8(7-17-3)15(2)12(16)10-5-4-9(13)6-11(10)14/h4-6,8H,7,13-14H2,1-3H3. The van der Waals surface area contributed by atoms with Gasteiger partial charge in [0, 0.05) is 25.5 Å². The first kappa shape index (κ1) is 13.3.